The molecule has 2 aromatic rings. The average molecular weight is 384 g/mol. The summed E-state index contributed by atoms with van der Waals surface area (Å²) in [6, 6.07) is 9.68. The van der Waals surface area contributed by atoms with E-state index >= 15 is 0 Å². The molecule has 8 heteroatoms. The summed E-state index contributed by atoms with van der Waals surface area (Å²) < 4.78 is 1.41. The van der Waals surface area contributed by atoms with Crippen LogP contribution in [0.15, 0.2) is 36.7 Å². The van der Waals surface area contributed by atoms with Crippen molar-refractivity contribution in [3.8, 4) is 0 Å². The Bertz CT molecular complexity index is 783. The molecule has 0 atom stereocenters. The number of hydrogen-bond donors (Lipinski definition) is 3. The Balaban J connectivity index is 1.46. The smallest absolute Gasteiger partial charge is 0.248 e. The molecule has 0 aliphatic heterocycles. The zero-order chi connectivity index (χ0) is 19.8. The van der Waals surface area contributed by atoms with Gasteiger partial charge in [-0.05, 0) is 30.4 Å². The van der Waals surface area contributed by atoms with Gasteiger partial charge in [0.05, 0.1) is 0 Å². The number of nitrogens with one attached hydrogen (secondary N) is 2. The fraction of sp³-hybridized carbons (Fsp3) is 0.500. The second-order valence-corrected chi connectivity index (χ2v) is 7.52. The highest BCUT2D eigenvalue weighted by Gasteiger charge is 2.33. The SMILES string of the molecule is NCC1(CC(=O)Nc2ncn(CC(=O)NCc3ccccc3)n2)CCCCC1. The summed E-state index contributed by atoms with van der Waals surface area (Å²) in [5.74, 6) is -0.0848. The Kier molecular flexibility index (Phi) is 6.76. The lowest BCUT2D eigenvalue weighted by Gasteiger charge is -2.35. The van der Waals surface area contributed by atoms with Crippen molar-refractivity contribution in [1.29, 1.82) is 0 Å². The zero-order valence-corrected chi connectivity index (χ0v) is 16.1. The third-order valence-corrected chi connectivity index (χ3v) is 5.31. The number of anilines is 1. The van der Waals surface area contributed by atoms with Crippen LogP contribution in [0.5, 0.6) is 0 Å². The van der Waals surface area contributed by atoms with Crippen LogP contribution >= 0.6 is 0 Å². The minimum Gasteiger partial charge on any atom is -0.350 e. The van der Waals surface area contributed by atoms with E-state index in [0.717, 1.165) is 31.2 Å². The molecule has 28 heavy (non-hydrogen) atoms. The minimum absolute atomic E-state index is 0.0441. The van der Waals surface area contributed by atoms with Gasteiger partial charge in [-0.15, -0.1) is 5.10 Å². The van der Waals surface area contributed by atoms with Crippen molar-refractivity contribution < 1.29 is 9.59 Å². The zero-order valence-electron chi connectivity index (χ0n) is 16.1. The first-order chi connectivity index (χ1) is 13.6. The van der Waals surface area contributed by atoms with Crippen molar-refractivity contribution in [3.63, 3.8) is 0 Å². The van der Waals surface area contributed by atoms with Crippen molar-refractivity contribution in [3.05, 3.63) is 42.2 Å². The predicted molar refractivity (Wildman–Crippen MR) is 106 cm³/mol. The van der Waals surface area contributed by atoms with Crippen LogP contribution in [0.25, 0.3) is 0 Å². The van der Waals surface area contributed by atoms with Gasteiger partial charge in [0.25, 0.3) is 0 Å². The fourth-order valence-corrected chi connectivity index (χ4v) is 3.69. The number of amides is 2. The van der Waals surface area contributed by atoms with E-state index in [-0.39, 0.29) is 29.7 Å². The summed E-state index contributed by atoms with van der Waals surface area (Å²) in [4.78, 5) is 28.5. The largest absolute Gasteiger partial charge is 0.350 e. The maximum Gasteiger partial charge on any atom is 0.248 e. The van der Waals surface area contributed by atoms with Crippen molar-refractivity contribution in [1.82, 2.24) is 20.1 Å². The Morgan fingerprint density at radius 2 is 1.86 bits per heavy atom. The van der Waals surface area contributed by atoms with Crippen molar-refractivity contribution in [2.24, 2.45) is 11.1 Å². The molecule has 0 unspecified atom stereocenters. The van der Waals surface area contributed by atoms with Crippen LogP contribution in [0.3, 0.4) is 0 Å². The second kappa shape index (κ2) is 9.45. The standard InChI is InChI=1S/C20H28N6O2/c21-14-20(9-5-2-6-10-20)11-17(27)24-19-23-15-26(25-19)13-18(28)22-12-16-7-3-1-4-8-16/h1,3-4,7-8,15H,2,5-6,9-14,21H2,(H,22,28)(H,24,25,27). The Hall–Kier alpha value is -2.74. The summed E-state index contributed by atoms with van der Waals surface area (Å²) in [5, 5.41) is 9.73. The van der Waals surface area contributed by atoms with Crippen LogP contribution in [0.4, 0.5) is 5.95 Å². The monoisotopic (exact) mass is 384 g/mol. The van der Waals surface area contributed by atoms with E-state index in [4.69, 9.17) is 5.73 Å². The number of hydrogen-bond acceptors (Lipinski definition) is 5. The summed E-state index contributed by atoms with van der Waals surface area (Å²) >= 11 is 0. The van der Waals surface area contributed by atoms with Gasteiger partial charge in [-0.3, -0.25) is 14.9 Å². The number of nitrogens with two attached hydrogens (primary N) is 1. The highest BCUT2D eigenvalue weighted by atomic mass is 16.2. The highest BCUT2D eigenvalue weighted by Crippen LogP contribution is 2.38. The van der Waals surface area contributed by atoms with Gasteiger partial charge in [-0.2, -0.15) is 0 Å². The van der Waals surface area contributed by atoms with Crippen LogP contribution in [-0.4, -0.2) is 33.1 Å². The normalized spacial score (nSPS) is 15.8. The molecule has 0 saturated heterocycles. The first kappa shape index (κ1) is 20.0. The van der Waals surface area contributed by atoms with Gasteiger partial charge in [0.2, 0.25) is 17.8 Å². The molecule has 3 rings (SSSR count). The van der Waals surface area contributed by atoms with Crippen LogP contribution in [0.2, 0.25) is 0 Å². The molecule has 8 nitrogen and oxygen atoms in total. The molecular formula is C20H28N6O2. The van der Waals surface area contributed by atoms with E-state index in [2.05, 4.69) is 20.7 Å². The molecule has 1 aliphatic rings. The third kappa shape index (κ3) is 5.63. The number of aromatic nitrogens is 3. The van der Waals surface area contributed by atoms with E-state index in [1.54, 1.807) is 0 Å². The molecule has 1 heterocycles. The molecule has 0 bridgehead atoms. The molecule has 150 valence electrons. The lowest BCUT2D eigenvalue weighted by atomic mass is 9.72. The molecule has 0 radical (unpaired) electrons. The number of benzene rings is 1. The minimum atomic E-state index is -0.170. The van der Waals surface area contributed by atoms with Crippen molar-refractivity contribution in [2.45, 2.75) is 51.6 Å². The molecule has 2 amide bonds. The fourth-order valence-electron chi connectivity index (χ4n) is 3.69. The van der Waals surface area contributed by atoms with E-state index in [9.17, 15) is 9.59 Å². The van der Waals surface area contributed by atoms with Crippen LogP contribution in [-0.2, 0) is 22.7 Å². The average Bonchev–Trinajstić information content (AvgIpc) is 3.14. The highest BCUT2D eigenvalue weighted by molar-refractivity contribution is 5.89. The number of carbonyl (C=O) groups excluding carboxylic acids is 2. The summed E-state index contributed by atoms with van der Waals surface area (Å²) in [7, 11) is 0. The molecular weight excluding hydrogens is 356 g/mol. The van der Waals surface area contributed by atoms with E-state index < -0.39 is 0 Å². The number of rotatable bonds is 8. The lowest BCUT2D eigenvalue weighted by molar-refractivity contribution is -0.122. The van der Waals surface area contributed by atoms with E-state index in [0.29, 0.717) is 19.5 Å². The van der Waals surface area contributed by atoms with Crippen LogP contribution < -0.4 is 16.4 Å². The third-order valence-electron chi connectivity index (χ3n) is 5.31. The van der Waals surface area contributed by atoms with Gasteiger partial charge in [-0.1, -0.05) is 49.6 Å². The van der Waals surface area contributed by atoms with Gasteiger partial charge < -0.3 is 11.1 Å². The Morgan fingerprint density at radius 3 is 2.57 bits per heavy atom. The predicted octanol–water partition coefficient (Wildman–Crippen LogP) is 1.83. The van der Waals surface area contributed by atoms with Gasteiger partial charge in [-0.25, -0.2) is 9.67 Å². The first-order valence-corrected chi connectivity index (χ1v) is 9.79. The Morgan fingerprint density at radius 1 is 1.11 bits per heavy atom. The number of nitrogens with zero attached hydrogens (tertiary/aromatic N) is 3. The molecule has 0 spiro atoms. The molecule has 1 aliphatic carbocycles. The topological polar surface area (TPSA) is 115 Å². The van der Waals surface area contributed by atoms with E-state index in [1.807, 2.05) is 30.3 Å². The molecule has 4 N–H and O–H groups in total. The van der Waals surface area contributed by atoms with Crippen molar-refractivity contribution in [2.75, 3.05) is 11.9 Å². The van der Waals surface area contributed by atoms with Crippen LogP contribution in [0.1, 0.15) is 44.1 Å². The number of carbonyl (C=O) groups is 2. The van der Waals surface area contributed by atoms with E-state index in [1.165, 1.54) is 17.4 Å². The maximum atomic E-state index is 12.4. The summed E-state index contributed by atoms with van der Waals surface area (Å²) in [6.45, 7) is 1.02. The van der Waals surface area contributed by atoms with Gasteiger partial charge in [0.15, 0.2) is 0 Å². The van der Waals surface area contributed by atoms with Crippen LogP contribution in [0, 0.1) is 5.41 Å². The maximum absolute atomic E-state index is 12.4. The quantitative estimate of drug-likeness (QED) is 0.642. The summed E-state index contributed by atoms with van der Waals surface area (Å²) in [6.07, 6.45) is 7.25. The van der Waals surface area contributed by atoms with Gasteiger partial charge >= 0.3 is 0 Å². The summed E-state index contributed by atoms with van der Waals surface area (Å²) in [5.41, 5.74) is 6.87. The second-order valence-electron chi connectivity index (χ2n) is 7.52. The molecule has 1 aromatic carbocycles. The molecule has 1 fully saturated rings. The lowest BCUT2D eigenvalue weighted by Crippen LogP contribution is -2.36. The van der Waals surface area contributed by atoms with Gasteiger partial charge in [0.1, 0.15) is 12.9 Å². The molecule has 1 aromatic heterocycles. The first-order valence-electron chi connectivity index (χ1n) is 9.79. The van der Waals surface area contributed by atoms with Gasteiger partial charge in [0, 0.05) is 13.0 Å². The molecule has 1 saturated carbocycles. The Labute approximate surface area is 164 Å². The van der Waals surface area contributed by atoms with Crippen molar-refractivity contribution >= 4 is 17.8 Å².